The predicted molar refractivity (Wildman–Crippen MR) is 73.1 cm³/mol. The van der Waals surface area contributed by atoms with E-state index >= 15 is 0 Å². The van der Waals surface area contributed by atoms with Gasteiger partial charge in [0.1, 0.15) is 5.75 Å². The number of rotatable bonds is 5. The van der Waals surface area contributed by atoms with E-state index in [-0.39, 0.29) is 0 Å². The average Bonchev–Trinajstić information content (AvgIpc) is 2.70. The van der Waals surface area contributed by atoms with Gasteiger partial charge in [0.05, 0.1) is 12.2 Å². The van der Waals surface area contributed by atoms with Crippen LogP contribution in [0.15, 0.2) is 24.3 Å². The SMILES string of the molecule is CCN(CC1COc2ccccc21)CC(C)(C)O. The van der Waals surface area contributed by atoms with Gasteiger partial charge in [-0.05, 0) is 26.5 Å². The second kappa shape index (κ2) is 5.29. The summed E-state index contributed by atoms with van der Waals surface area (Å²) in [7, 11) is 0. The molecule has 18 heavy (non-hydrogen) atoms. The summed E-state index contributed by atoms with van der Waals surface area (Å²) in [6.45, 7) is 9.18. The molecule has 0 fully saturated rings. The fourth-order valence-electron chi connectivity index (χ4n) is 2.54. The van der Waals surface area contributed by atoms with Crippen molar-refractivity contribution in [3.8, 4) is 5.75 Å². The Morgan fingerprint density at radius 3 is 2.78 bits per heavy atom. The van der Waals surface area contributed by atoms with Crippen LogP contribution >= 0.6 is 0 Å². The lowest BCUT2D eigenvalue weighted by Gasteiger charge is -2.29. The van der Waals surface area contributed by atoms with E-state index in [4.69, 9.17) is 4.74 Å². The predicted octanol–water partition coefficient (Wildman–Crippen LogP) is 2.26. The van der Waals surface area contributed by atoms with Gasteiger partial charge >= 0.3 is 0 Å². The maximum absolute atomic E-state index is 9.92. The van der Waals surface area contributed by atoms with Crippen molar-refractivity contribution in [2.45, 2.75) is 32.3 Å². The Bertz CT molecular complexity index is 398. The fraction of sp³-hybridized carbons (Fsp3) is 0.600. The van der Waals surface area contributed by atoms with Crippen molar-refractivity contribution >= 4 is 0 Å². The van der Waals surface area contributed by atoms with E-state index in [1.165, 1.54) is 5.56 Å². The van der Waals surface area contributed by atoms with Crippen LogP contribution in [0.1, 0.15) is 32.3 Å². The molecule has 0 saturated carbocycles. The quantitative estimate of drug-likeness (QED) is 0.869. The van der Waals surface area contributed by atoms with Gasteiger partial charge in [-0.1, -0.05) is 25.1 Å². The summed E-state index contributed by atoms with van der Waals surface area (Å²) < 4.78 is 5.70. The van der Waals surface area contributed by atoms with E-state index < -0.39 is 5.60 Å². The van der Waals surface area contributed by atoms with E-state index in [0.717, 1.165) is 25.4 Å². The molecule has 0 saturated heterocycles. The van der Waals surface area contributed by atoms with Gasteiger partial charge in [-0.2, -0.15) is 0 Å². The van der Waals surface area contributed by atoms with Gasteiger partial charge in [0, 0.05) is 24.6 Å². The number of likely N-dealkylation sites (N-methyl/N-ethyl adjacent to an activating group) is 1. The van der Waals surface area contributed by atoms with E-state index in [1.807, 2.05) is 26.0 Å². The molecule has 3 heteroatoms. The molecule has 0 aromatic heterocycles. The smallest absolute Gasteiger partial charge is 0.122 e. The first-order chi connectivity index (χ1) is 8.49. The van der Waals surface area contributed by atoms with E-state index in [0.29, 0.717) is 12.5 Å². The van der Waals surface area contributed by atoms with E-state index in [9.17, 15) is 5.11 Å². The lowest BCUT2D eigenvalue weighted by atomic mass is 10.00. The second-order valence-electron chi connectivity index (χ2n) is 5.69. The Labute approximate surface area is 109 Å². The van der Waals surface area contributed by atoms with Crippen LogP contribution in [0.5, 0.6) is 5.75 Å². The highest BCUT2D eigenvalue weighted by molar-refractivity contribution is 5.39. The lowest BCUT2D eigenvalue weighted by molar-refractivity contribution is 0.0352. The number of fused-ring (bicyclic) bond motifs is 1. The molecule has 1 atom stereocenters. The van der Waals surface area contributed by atoms with Crippen molar-refractivity contribution in [2.75, 3.05) is 26.2 Å². The zero-order valence-corrected chi connectivity index (χ0v) is 11.5. The van der Waals surface area contributed by atoms with Crippen LogP contribution < -0.4 is 4.74 Å². The van der Waals surface area contributed by atoms with Crippen molar-refractivity contribution in [2.24, 2.45) is 0 Å². The van der Waals surface area contributed by atoms with Gasteiger partial charge in [0.2, 0.25) is 0 Å². The molecule has 0 bridgehead atoms. The maximum atomic E-state index is 9.92. The zero-order chi connectivity index (χ0) is 13.2. The molecule has 100 valence electrons. The molecule has 1 aliphatic rings. The molecular weight excluding hydrogens is 226 g/mol. The van der Waals surface area contributed by atoms with Gasteiger partial charge < -0.3 is 14.7 Å². The summed E-state index contributed by atoms with van der Waals surface area (Å²) in [5.74, 6) is 1.44. The molecule has 1 heterocycles. The Kier molecular flexibility index (Phi) is 3.93. The monoisotopic (exact) mass is 249 g/mol. The molecular formula is C15H23NO2. The number of hydrogen-bond acceptors (Lipinski definition) is 3. The topological polar surface area (TPSA) is 32.7 Å². The molecule has 0 radical (unpaired) electrons. The van der Waals surface area contributed by atoms with Gasteiger partial charge in [-0.15, -0.1) is 0 Å². The van der Waals surface area contributed by atoms with Crippen LogP contribution in [0, 0.1) is 0 Å². The highest BCUT2D eigenvalue weighted by Gasteiger charge is 2.27. The molecule has 1 unspecified atom stereocenters. The van der Waals surface area contributed by atoms with Crippen molar-refractivity contribution in [3.05, 3.63) is 29.8 Å². The van der Waals surface area contributed by atoms with Crippen molar-refractivity contribution in [1.29, 1.82) is 0 Å². The summed E-state index contributed by atoms with van der Waals surface area (Å²) in [4.78, 5) is 2.29. The number of nitrogens with zero attached hydrogens (tertiary/aromatic N) is 1. The molecule has 3 nitrogen and oxygen atoms in total. The maximum Gasteiger partial charge on any atom is 0.122 e. The molecule has 0 aliphatic carbocycles. The van der Waals surface area contributed by atoms with Crippen LogP contribution in [-0.4, -0.2) is 41.8 Å². The van der Waals surface area contributed by atoms with Crippen molar-refractivity contribution in [1.82, 2.24) is 4.90 Å². The number of benzene rings is 1. The summed E-state index contributed by atoms with van der Waals surface area (Å²) in [5.41, 5.74) is 0.654. The second-order valence-corrected chi connectivity index (χ2v) is 5.69. The van der Waals surface area contributed by atoms with Gasteiger partial charge in [0.25, 0.3) is 0 Å². The van der Waals surface area contributed by atoms with Gasteiger partial charge in [-0.3, -0.25) is 0 Å². The van der Waals surface area contributed by atoms with Crippen LogP contribution in [-0.2, 0) is 0 Å². The third kappa shape index (κ3) is 3.24. The summed E-state index contributed by atoms with van der Waals surface area (Å²) in [6.07, 6.45) is 0. The third-order valence-corrected chi connectivity index (χ3v) is 3.34. The minimum atomic E-state index is -0.644. The third-order valence-electron chi connectivity index (χ3n) is 3.34. The normalized spacial score (nSPS) is 18.8. The standard InChI is InChI=1S/C15H23NO2/c1-4-16(11-15(2,3)17)9-12-10-18-14-8-6-5-7-13(12)14/h5-8,12,17H,4,9-11H2,1-3H3. The first-order valence-electron chi connectivity index (χ1n) is 6.66. The van der Waals surface area contributed by atoms with Gasteiger partial charge in [0.15, 0.2) is 0 Å². The molecule has 1 aromatic carbocycles. The molecule has 2 rings (SSSR count). The van der Waals surface area contributed by atoms with E-state index in [1.54, 1.807) is 0 Å². The number of ether oxygens (including phenoxy) is 1. The zero-order valence-electron chi connectivity index (χ0n) is 11.5. The molecule has 0 amide bonds. The van der Waals surface area contributed by atoms with Crippen molar-refractivity contribution < 1.29 is 9.84 Å². The number of aliphatic hydroxyl groups is 1. The summed E-state index contributed by atoms with van der Waals surface area (Å²) >= 11 is 0. The molecule has 0 spiro atoms. The Morgan fingerprint density at radius 2 is 2.11 bits per heavy atom. The van der Waals surface area contributed by atoms with E-state index in [2.05, 4.69) is 24.0 Å². The number of hydrogen-bond donors (Lipinski definition) is 1. The minimum Gasteiger partial charge on any atom is -0.493 e. The first-order valence-corrected chi connectivity index (χ1v) is 6.66. The highest BCUT2D eigenvalue weighted by Crippen LogP contribution is 2.33. The fourth-order valence-corrected chi connectivity index (χ4v) is 2.54. The minimum absolute atomic E-state index is 0.420. The Morgan fingerprint density at radius 1 is 1.39 bits per heavy atom. The van der Waals surface area contributed by atoms with Crippen LogP contribution in [0.3, 0.4) is 0 Å². The average molecular weight is 249 g/mol. The lowest BCUT2D eigenvalue weighted by Crippen LogP contribution is -2.40. The Balaban J connectivity index is 2.02. The number of para-hydroxylation sites is 1. The molecule has 1 aromatic rings. The first kappa shape index (κ1) is 13.4. The highest BCUT2D eigenvalue weighted by atomic mass is 16.5. The Hall–Kier alpha value is -1.06. The largest absolute Gasteiger partial charge is 0.493 e. The molecule has 1 aliphatic heterocycles. The van der Waals surface area contributed by atoms with Crippen LogP contribution in [0.2, 0.25) is 0 Å². The van der Waals surface area contributed by atoms with Crippen LogP contribution in [0.25, 0.3) is 0 Å². The summed E-state index contributed by atoms with van der Waals surface area (Å²) in [6, 6.07) is 8.24. The van der Waals surface area contributed by atoms with Crippen molar-refractivity contribution in [3.63, 3.8) is 0 Å². The van der Waals surface area contributed by atoms with Gasteiger partial charge in [-0.25, -0.2) is 0 Å². The van der Waals surface area contributed by atoms with Crippen LogP contribution in [0.4, 0.5) is 0 Å². The summed E-state index contributed by atoms with van der Waals surface area (Å²) in [5, 5.41) is 9.92. The molecule has 1 N–H and O–H groups in total.